The summed E-state index contributed by atoms with van der Waals surface area (Å²) < 4.78 is 0. The predicted octanol–water partition coefficient (Wildman–Crippen LogP) is 3.81. The lowest BCUT2D eigenvalue weighted by Gasteiger charge is -2.11. The van der Waals surface area contributed by atoms with Crippen molar-refractivity contribution in [3.63, 3.8) is 0 Å². The molecular formula is C27H21N3O4. The Morgan fingerprint density at radius 2 is 1.47 bits per heavy atom. The fourth-order valence-electron chi connectivity index (χ4n) is 3.44. The molecule has 0 spiro atoms. The molecule has 1 aromatic heterocycles. The maximum Gasteiger partial charge on any atom is 0.306 e. The number of hydrazine groups is 1. The molecule has 0 unspecified atom stereocenters. The number of benzene rings is 3. The fourth-order valence-corrected chi connectivity index (χ4v) is 3.44. The second-order valence-electron chi connectivity index (χ2n) is 7.74. The largest absolute Gasteiger partial charge is 0.306 e. The monoisotopic (exact) mass is 451 g/mol. The van der Waals surface area contributed by atoms with Gasteiger partial charge in [0.2, 0.25) is 5.78 Å². The Bertz CT molecular complexity index is 1400. The van der Waals surface area contributed by atoms with Gasteiger partial charge in [0.1, 0.15) is 0 Å². The van der Waals surface area contributed by atoms with Gasteiger partial charge in [-0.25, -0.2) is 4.98 Å². The first-order chi connectivity index (χ1) is 16.4. The summed E-state index contributed by atoms with van der Waals surface area (Å²) in [6, 6.07) is 24.8. The Labute approximate surface area is 195 Å². The molecule has 4 aromatic rings. The third kappa shape index (κ3) is 5.05. The van der Waals surface area contributed by atoms with E-state index < -0.39 is 29.8 Å². The van der Waals surface area contributed by atoms with Crippen molar-refractivity contribution in [1.82, 2.24) is 15.8 Å². The minimum absolute atomic E-state index is 0.285. The van der Waals surface area contributed by atoms with Crippen LogP contribution in [0, 0.1) is 6.92 Å². The number of pyridine rings is 1. The zero-order chi connectivity index (χ0) is 24.1. The van der Waals surface area contributed by atoms with Crippen LogP contribution in [0.3, 0.4) is 0 Å². The third-order valence-electron chi connectivity index (χ3n) is 5.27. The molecule has 0 fully saturated rings. The molecule has 0 saturated heterocycles. The van der Waals surface area contributed by atoms with Crippen molar-refractivity contribution < 1.29 is 19.2 Å². The molecule has 0 saturated carbocycles. The lowest BCUT2D eigenvalue weighted by atomic mass is 10.0. The van der Waals surface area contributed by atoms with Crippen LogP contribution in [0.5, 0.6) is 0 Å². The number of nitrogens with zero attached hydrogens (tertiary/aromatic N) is 1. The zero-order valence-corrected chi connectivity index (χ0v) is 18.4. The van der Waals surface area contributed by atoms with Crippen LogP contribution in [0.1, 0.15) is 32.7 Å². The van der Waals surface area contributed by atoms with Crippen molar-refractivity contribution in [2.45, 2.75) is 13.3 Å². The lowest BCUT2D eigenvalue weighted by Crippen LogP contribution is -2.45. The molecule has 0 radical (unpaired) electrons. The summed E-state index contributed by atoms with van der Waals surface area (Å²) in [5.74, 6) is -3.10. The normalized spacial score (nSPS) is 10.5. The summed E-state index contributed by atoms with van der Waals surface area (Å²) in [5, 5.41) is 0.592. The van der Waals surface area contributed by atoms with Crippen molar-refractivity contribution in [2.24, 2.45) is 0 Å². The number of ketones is 2. The molecule has 4 rings (SSSR count). The molecule has 0 bridgehead atoms. The highest BCUT2D eigenvalue weighted by molar-refractivity contribution is 6.40. The van der Waals surface area contributed by atoms with Crippen molar-refractivity contribution >= 4 is 34.3 Å². The smallest absolute Gasteiger partial charge is 0.294 e. The van der Waals surface area contributed by atoms with Gasteiger partial charge in [0, 0.05) is 16.5 Å². The van der Waals surface area contributed by atoms with Gasteiger partial charge in [0.15, 0.2) is 5.78 Å². The van der Waals surface area contributed by atoms with Crippen LogP contribution < -0.4 is 10.9 Å². The van der Waals surface area contributed by atoms with Crippen molar-refractivity contribution in [3.8, 4) is 11.3 Å². The van der Waals surface area contributed by atoms with Crippen LogP contribution >= 0.6 is 0 Å². The van der Waals surface area contributed by atoms with Crippen LogP contribution in [0.4, 0.5) is 0 Å². The summed E-state index contributed by atoms with van der Waals surface area (Å²) in [6.45, 7) is 1.88. The van der Waals surface area contributed by atoms with E-state index in [0.29, 0.717) is 22.2 Å². The molecule has 2 amide bonds. The van der Waals surface area contributed by atoms with E-state index in [-0.39, 0.29) is 5.56 Å². The molecule has 0 atom stereocenters. The van der Waals surface area contributed by atoms with Crippen molar-refractivity contribution in [3.05, 3.63) is 102 Å². The molecule has 1 heterocycles. The van der Waals surface area contributed by atoms with E-state index in [2.05, 4.69) is 15.8 Å². The van der Waals surface area contributed by atoms with Gasteiger partial charge in [-0.3, -0.25) is 30.0 Å². The number of nitrogens with one attached hydrogen (secondary N) is 2. The zero-order valence-electron chi connectivity index (χ0n) is 18.4. The molecule has 7 heteroatoms. The number of hydrogen-bond donors (Lipinski definition) is 2. The van der Waals surface area contributed by atoms with Crippen LogP contribution in [-0.4, -0.2) is 28.4 Å². The number of carbonyl (C=O) groups excluding carboxylic acids is 4. The third-order valence-corrected chi connectivity index (χ3v) is 5.27. The summed E-state index contributed by atoms with van der Waals surface area (Å²) in [7, 11) is 0. The molecule has 0 aliphatic rings. The van der Waals surface area contributed by atoms with E-state index in [1.807, 2.05) is 43.3 Å². The van der Waals surface area contributed by atoms with Crippen LogP contribution in [0.25, 0.3) is 22.2 Å². The Balaban J connectivity index is 1.47. The number of Topliss-reactive ketones (excluding diaryl/α,β-unsaturated/α-hetero) is 2. The standard InChI is InChI=1S/C27H21N3O4/c1-17-11-13-19(14-12-17)24(31)16-25(32)27(34)30-29-26(33)21-15-23(18-7-3-2-4-8-18)28-22-10-6-5-9-20(21)22/h2-15H,16H2,1H3,(H,29,33)(H,30,34). The molecule has 2 N–H and O–H groups in total. The Morgan fingerprint density at radius 3 is 2.21 bits per heavy atom. The van der Waals surface area contributed by atoms with Gasteiger partial charge in [0.05, 0.1) is 23.2 Å². The number of rotatable bonds is 6. The fraction of sp³-hybridized carbons (Fsp3) is 0.0741. The highest BCUT2D eigenvalue weighted by atomic mass is 16.2. The van der Waals surface area contributed by atoms with E-state index in [1.54, 1.807) is 48.5 Å². The topological polar surface area (TPSA) is 105 Å². The van der Waals surface area contributed by atoms with E-state index in [4.69, 9.17) is 0 Å². The highest BCUT2D eigenvalue weighted by Gasteiger charge is 2.20. The lowest BCUT2D eigenvalue weighted by molar-refractivity contribution is -0.137. The Morgan fingerprint density at radius 1 is 0.794 bits per heavy atom. The van der Waals surface area contributed by atoms with Crippen LogP contribution in [0.2, 0.25) is 0 Å². The number of aromatic nitrogens is 1. The van der Waals surface area contributed by atoms with E-state index >= 15 is 0 Å². The van der Waals surface area contributed by atoms with E-state index in [9.17, 15) is 19.2 Å². The summed E-state index contributed by atoms with van der Waals surface area (Å²) >= 11 is 0. The quantitative estimate of drug-likeness (QED) is 0.201. The first-order valence-corrected chi connectivity index (χ1v) is 10.6. The minimum Gasteiger partial charge on any atom is -0.294 e. The van der Waals surface area contributed by atoms with Gasteiger partial charge in [-0.1, -0.05) is 78.4 Å². The Hall–Kier alpha value is -4.65. The van der Waals surface area contributed by atoms with Gasteiger partial charge in [-0.05, 0) is 19.1 Å². The number of fused-ring (bicyclic) bond motifs is 1. The van der Waals surface area contributed by atoms with E-state index in [1.165, 1.54) is 0 Å². The number of para-hydroxylation sites is 1. The van der Waals surface area contributed by atoms with E-state index in [0.717, 1.165) is 11.1 Å². The molecule has 0 aliphatic heterocycles. The van der Waals surface area contributed by atoms with Gasteiger partial charge in [-0.15, -0.1) is 0 Å². The Kier molecular flexibility index (Phi) is 6.54. The summed E-state index contributed by atoms with van der Waals surface area (Å²) in [5.41, 5.74) is 8.02. The number of carbonyl (C=O) groups is 4. The SMILES string of the molecule is Cc1ccc(C(=O)CC(=O)C(=O)NNC(=O)c2cc(-c3ccccc3)nc3ccccc23)cc1. The van der Waals surface area contributed by atoms with Gasteiger partial charge >= 0.3 is 5.91 Å². The average Bonchev–Trinajstić information content (AvgIpc) is 2.87. The molecule has 0 aliphatic carbocycles. The second-order valence-corrected chi connectivity index (χ2v) is 7.74. The maximum absolute atomic E-state index is 12.9. The van der Waals surface area contributed by atoms with Crippen LogP contribution in [0.15, 0.2) is 84.9 Å². The van der Waals surface area contributed by atoms with Crippen LogP contribution in [-0.2, 0) is 9.59 Å². The van der Waals surface area contributed by atoms with Crippen molar-refractivity contribution in [1.29, 1.82) is 0 Å². The molecular weight excluding hydrogens is 430 g/mol. The maximum atomic E-state index is 12.9. The second kappa shape index (κ2) is 9.87. The summed E-state index contributed by atoms with van der Waals surface area (Å²) in [6.07, 6.45) is -0.596. The van der Waals surface area contributed by atoms with Gasteiger partial charge in [-0.2, -0.15) is 0 Å². The number of amides is 2. The highest BCUT2D eigenvalue weighted by Crippen LogP contribution is 2.24. The first kappa shape index (κ1) is 22.5. The first-order valence-electron chi connectivity index (χ1n) is 10.6. The van der Waals surface area contributed by atoms with Gasteiger partial charge < -0.3 is 0 Å². The minimum atomic E-state index is -1.07. The predicted molar refractivity (Wildman–Crippen MR) is 128 cm³/mol. The van der Waals surface area contributed by atoms with Gasteiger partial charge in [0.25, 0.3) is 5.91 Å². The molecule has 3 aromatic carbocycles. The summed E-state index contributed by atoms with van der Waals surface area (Å²) in [4.78, 5) is 54.2. The average molecular weight is 451 g/mol. The number of hydrogen-bond acceptors (Lipinski definition) is 5. The molecule has 168 valence electrons. The molecule has 34 heavy (non-hydrogen) atoms. The number of aryl methyl sites for hydroxylation is 1. The molecule has 7 nitrogen and oxygen atoms in total. The van der Waals surface area contributed by atoms with Crippen molar-refractivity contribution in [2.75, 3.05) is 0 Å².